The van der Waals surface area contributed by atoms with E-state index < -0.39 is 0 Å². The van der Waals surface area contributed by atoms with Gasteiger partial charge in [0.05, 0.1) is 23.8 Å². The van der Waals surface area contributed by atoms with Gasteiger partial charge in [0, 0.05) is 4.90 Å². The molecule has 0 aliphatic rings. The topological polar surface area (TPSA) is 63.9 Å². The predicted octanol–water partition coefficient (Wildman–Crippen LogP) is 3.26. The van der Waals surface area contributed by atoms with Gasteiger partial charge in [-0.1, -0.05) is 31.5 Å². The molecule has 104 valence electrons. The molecular formula is C15H17N3OS. The lowest BCUT2D eigenvalue weighted by Gasteiger charge is -2.15. The van der Waals surface area contributed by atoms with Gasteiger partial charge < -0.3 is 10.5 Å². The first-order valence-electron chi connectivity index (χ1n) is 6.22. The number of ether oxygens (including phenoxy) is 1. The third kappa shape index (κ3) is 2.75. The van der Waals surface area contributed by atoms with Gasteiger partial charge in [-0.25, -0.2) is 0 Å². The molecule has 0 aliphatic heterocycles. The van der Waals surface area contributed by atoms with E-state index in [9.17, 15) is 0 Å². The van der Waals surface area contributed by atoms with Gasteiger partial charge in [-0.3, -0.25) is 5.10 Å². The SMILES string of the molecule is C#Cc1cc(Sc2cn[nH]c2N)c(C(C)C)cc1OC. The van der Waals surface area contributed by atoms with Crippen LogP contribution in [0.3, 0.4) is 0 Å². The number of hydrogen-bond donors (Lipinski definition) is 2. The van der Waals surface area contributed by atoms with Gasteiger partial charge in [-0.2, -0.15) is 5.10 Å². The number of aromatic amines is 1. The summed E-state index contributed by atoms with van der Waals surface area (Å²) in [5.74, 6) is 4.29. The summed E-state index contributed by atoms with van der Waals surface area (Å²) in [5.41, 5.74) is 7.75. The molecule has 0 atom stereocenters. The smallest absolute Gasteiger partial charge is 0.134 e. The standard InChI is InChI=1S/C15H17N3OS/c1-5-10-6-13(20-14-8-17-18-15(14)16)11(9(2)3)7-12(10)19-4/h1,6-9H,2-4H3,(H3,16,17,18). The predicted molar refractivity (Wildman–Crippen MR) is 82.1 cm³/mol. The Morgan fingerprint density at radius 2 is 2.15 bits per heavy atom. The highest BCUT2D eigenvalue weighted by atomic mass is 32.2. The number of aromatic nitrogens is 2. The highest BCUT2D eigenvalue weighted by molar-refractivity contribution is 7.99. The summed E-state index contributed by atoms with van der Waals surface area (Å²) in [7, 11) is 1.63. The lowest BCUT2D eigenvalue weighted by atomic mass is 10.0. The third-order valence-electron chi connectivity index (χ3n) is 2.96. The minimum atomic E-state index is 0.353. The van der Waals surface area contributed by atoms with Gasteiger partial charge >= 0.3 is 0 Å². The van der Waals surface area contributed by atoms with Gasteiger partial charge in [0.1, 0.15) is 11.6 Å². The molecule has 5 heteroatoms. The van der Waals surface area contributed by atoms with Crippen LogP contribution in [0.4, 0.5) is 5.82 Å². The Hall–Kier alpha value is -2.06. The largest absolute Gasteiger partial charge is 0.495 e. The molecule has 2 rings (SSSR count). The number of rotatable bonds is 4. The molecule has 4 nitrogen and oxygen atoms in total. The van der Waals surface area contributed by atoms with Gasteiger partial charge in [-0.05, 0) is 23.6 Å². The van der Waals surface area contributed by atoms with Gasteiger partial charge in [0.2, 0.25) is 0 Å². The van der Waals surface area contributed by atoms with E-state index in [-0.39, 0.29) is 0 Å². The van der Waals surface area contributed by atoms with Gasteiger partial charge in [0.15, 0.2) is 0 Å². The number of methoxy groups -OCH3 is 1. The van der Waals surface area contributed by atoms with Crippen LogP contribution >= 0.6 is 11.8 Å². The minimum absolute atomic E-state index is 0.353. The highest BCUT2D eigenvalue weighted by Gasteiger charge is 2.15. The molecule has 0 bridgehead atoms. The summed E-state index contributed by atoms with van der Waals surface area (Å²) in [5, 5.41) is 6.66. The van der Waals surface area contributed by atoms with Crippen molar-refractivity contribution in [2.75, 3.05) is 12.8 Å². The van der Waals surface area contributed by atoms with Crippen molar-refractivity contribution in [1.29, 1.82) is 0 Å². The Morgan fingerprint density at radius 1 is 1.40 bits per heavy atom. The van der Waals surface area contributed by atoms with Crippen molar-refractivity contribution >= 4 is 17.6 Å². The summed E-state index contributed by atoms with van der Waals surface area (Å²) in [6, 6.07) is 3.96. The molecule has 20 heavy (non-hydrogen) atoms. The fourth-order valence-electron chi connectivity index (χ4n) is 1.88. The zero-order chi connectivity index (χ0) is 14.7. The Kier molecular flexibility index (Phi) is 4.26. The van der Waals surface area contributed by atoms with Gasteiger partial charge in [-0.15, -0.1) is 6.42 Å². The van der Waals surface area contributed by atoms with Crippen LogP contribution in [0, 0.1) is 12.3 Å². The normalized spacial score (nSPS) is 10.6. The maximum absolute atomic E-state index is 5.84. The van der Waals surface area contributed by atoms with Crippen molar-refractivity contribution in [1.82, 2.24) is 10.2 Å². The first kappa shape index (κ1) is 14.4. The fourth-order valence-corrected chi connectivity index (χ4v) is 2.97. The minimum Gasteiger partial charge on any atom is -0.495 e. The van der Waals surface area contributed by atoms with E-state index in [0.717, 1.165) is 21.1 Å². The maximum Gasteiger partial charge on any atom is 0.134 e. The monoisotopic (exact) mass is 287 g/mol. The van der Waals surface area contributed by atoms with Gasteiger partial charge in [0.25, 0.3) is 0 Å². The van der Waals surface area contributed by atoms with E-state index in [1.165, 1.54) is 5.56 Å². The average molecular weight is 287 g/mol. The van der Waals surface area contributed by atoms with Crippen LogP contribution in [0.5, 0.6) is 5.75 Å². The van der Waals surface area contributed by atoms with E-state index >= 15 is 0 Å². The number of H-pyrrole nitrogens is 1. The van der Waals surface area contributed by atoms with Crippen LogP contribution in [0.2, 0.25) is 0 Å². The number of nitrogens with zero attached hydrogens (tertiary/aromatic N) is 1. The number of terminal acetylenes is 1. The summed E-state index contributed by atoms with van der Waals surface area (Å²) < 4.78 is 5.35. The number of hydrogen-bond acceptors (Lipinski definition) is 4. The van der Waals surface area contributed by atoms with Crippen LogP contribution in [0.25, 0.3) is 0 Å². The Labute approximate surface area is 123 Å². The molecule has 1 aromatic carbocycles. The molecule has 0 fully saturated rings. The van der Waals surface area contributed by atoms with Crippen LogP contribution in [0.1, 0.15) is 30.9 Å². The highest BCUT2D eigenvalue weighted by Crippen LogP contribution is 2.39. The van der Waals surface area contributed by atoms with Crippen molar-refractivity contribution < 1.29 is 4.74 Å². The van der Waals surface area contributed by atoms with E-state index in [1.807, 2.05) is 12.1 Å². The van der Waals surface area contributed by atoms with Crippen LogP contribution in [-0.2, 0) is 0 Å². The molecule has 1 aromatic heterocycles. The molecule has 3 N–H and O–H groups in total. The van der Waals surface area contributed by atoms with Crippen molar-refractivity contribution in [3.63, 3.8) is 0 Å². The van der Waals surface area contributed by atoms with E-state index in [2.05, 4.69) is 30.0 Å². The van der Waals surface area contributed by atoms with Crippen molar-refractivity contribution in [2.24, 2.45) is 0 Å². The lowest BCUT2D eigenvalue weighted by molar-refractivity contribution is 0.412. The number of nitrogens with one attached hydrogen (secondary N) is 1. The molecular weight excluding hydrogens is 270 g/mol. The lowest BCUT2D eigenvalue weighted by Crippen LogP contribution is -1.97. The van der Waals surface area contributed by atoms with Crippen molar-refractivity contribution in [3.8, 4) is 18.1 Å². The number of benzene rings is 1. The van der Waals surface area contributed by atoms with E-state index in [0.29, 0.717) is 11.7 Å². The molecule has 0 saturated carbocycles. The molecule has 0 radical (unpaired) electrons. The fraction of sp³-hybridized carbons (Fsp3) is 0.267. The maximum atomic E-state index is 5.84. The van der Waals surface area contributed by atoms with Crippen molar-refractivity contribution in [2.45, 2.75) is 29.6 Å². The number of anilines is 1. The number of nitrogens with two attached hydrogens (primary N) is 1. The molecule has 0 saturated heterocycles. The Bertz CT molecular complexity index is 656. The molecule has 0 amide bonds. The van der Waals surface area contributed by atoms with E-state index in [1.54, 1.807) is 25.1 Å². The number of nitrogen functional groups attached to an aromatic ring is 1. The van der Waals surface area contributed by atoms with Crippen molar-refractivity contribution in [3.05, 3.63) is 29.5 Å². The zero-order valence-corrected chi connectivity index (χ0v) is 12.5. The molecule has 0 unspecified atom stereocenters. The first-order valence-corrected chi connectivity index (χ1v) is 7.03. The first-order chi connectivity index (χ1) is 9.56. The average Bonchev–Trinajstić information content (AvgIpc) is 2.83. The third-order valence-corrected chi connectivity index (χ3v) is 4.08. The molecule has 2 aromatic rings. The quantitative estimate of drug-likeness (QED) is 0.847. The Morgan fingerprint density at radius 3 is 2.65 bits per heavy atom. The second kappa shape index (κ2) is 5.93. The molecule has 1 heterocycles. The second-order valence-electron chi connectivity index (χ2n) is 4.64. The molecule has 0 spiro atoms. The summed E-state index contributed by atoms with van der Waals surface area (Å²) >= 11 is 1.55. The molecule has 0 aliphatic carbocycles. The van der Waals surface area contributed by atoms with Crippen LogP contribution in [0.15, 0.2) is 28.1 Å². The second-order valence-corrected chi connectivity index (χ2v) is 5.72. The van der Waals surface area contributed by atoms with Crippen LogP contribution in [-0.4, -0.2) is 17.3 Å². The van der Waals surface area contributed by atoms with E-state index in [4.69, 9.17) is 16.9 Å². The van der Waals surface area contributed by atoms with Crippen LogP contribution < -0.4 is 10.5 Å². The summed E-state index contributed by atoms with van der Waals surface area (Å²) in [6.45, 7) is 4.26. The Balaban J connectivity index is 2.50. The zero-order valence-electron chi connectivity index (χ0n) is 11.7. The summed E-state index contributed by atoms with van der Waals surface area (Å²) in [4.78, 5) is 1.96. The summed E-state index contributed by atoms with van der Waals surface area (Å²) in [6.07, 6.45) is 7.25.